The summed E-state index contributed by atoms with van der Waals surface area (Å²) in [6.45, 7) is 12.7. The summed E-state index contributed by atoms with van der Waals surface area (Å²) < 4.78 is 4.79. The van der Waals surface area contributed by atoms with Crippen LogP contribution in [0.5, 0.6) is 0 Å². The van der Waals surface area contributed by atoms with Gasteiger partial charge in [0.05, 0.1) is 12.5 Å². The predicted molar refractivity (Wildman–Crippen MR) is 67.7 cm³/mol. The lowest BCUT2D eigenvalue weighted by Crippen LogP contribution is -2.28. The Balaban J connectivity index is 4.22. The lowest BCUT2D eigenvalue weighted by atomic mass is 9.86. The Morgan fingerprint density at radius 1 is 1.47 bits per heavy atom. The lowest BCUT2D eigenvalue weighted by molar-refractivity contribution is -0.149. The smallest absolute Gasteiger partial charge is 0.315 e. The Morgan fingerprint density at radius 2 is 2.00 bits per heavy atom. The van der Waals surface area contributed by atoms with Gasteiger partial charge in [-0.05, 0) is 13.3 Å². The van der Waals surface area contributed by atoms with Crippen molar-refractivity contribution < 1.29 is 9.53 Å². The summed E-state index contributed by atoms with van der Waals surface area (Å²) in [5.41, 5.74) is -0.506. The van der Waals surface area contributed by atoms with E-state index >= 15 is 0 Å². The highest BCUT2D eigenvalue weighted by molar-refractivity contribution is 6.76. The number of hydrogen-bond donors (Lipinski definition) is 0. The molecule has 0 bridgehead atoms. The summed E-state index contributed by atoms with van der Waals surface area (Å²) in [6.07, 6.45) is 3.63. The van der Waals surface area contributed by atoms with Gasteiger partial charge in [0.1, 0.15) is 0 Å². The van der Waals surface area contributed by atoms with Crippen molar-refractivity contribution in [2.45, 2.75) is 45.5 Å². The fraction of sp³-hybridized carbons (Fsp3) is 0.750. The number of hydrogen-bond acceptors (Lipinski definition) is 2. The standard InChI is InChI=1S/C12H24O2Si/c1-7-12(2,11(13)14-3)9-8-10-15(4,5)6/h7H,1,8-10H2,2-6H3. The molecule has 1 unspecified atom stereocenters. The average molecular weight is 228 g/mol. The average Bonchev–Trinajstić information content (AvgIpc) is 2.14. The molecule has 0 heterocycles. The molecule has 88 valence electrons. The molecule has 0 saturated heterocycles. The van der Waals surface area contributed by atoms with E-state index in [4.69, 9.17) is 4.74 Å². The minimum absolute atomic E-state index is 0.173. The van der Waals surface area contributed by atoms with Crippen LogP contribution in [0.15, 0.2) is 12.7 Å². The van der Waals surface area contributed by atoms with Crippen LogP contribution in [0.2, 0.25) is 25.7 Å². The Labute approximate surface area is 94.7 Å². The third kappa shape index (κ3) is 5.16. The van der Waals surface area contributed by atoms with E-state index in [0.717, 1.165) is 12.8 Å². The second-order valence-corrected chi connectivity index (χ2v) is 11.1. The molecule has 0 saturated carbocycles. The molecule has 0 aliphatic carbocycles. The summed E-state index contributed by atoms with van der Waals surface area (Å²) in [6, 6.07) is 1.24. The third-order valence-corrected chi connectivity index (χ3v) is 4.58. The topological polar surface area (TPSA) is 26.3 Å². The largest absolute Gasteiger partial charge is 0.468 e. The number of rotatable bonds is 6. The van der Waals surface area contributed by atoms with Crippen molar-refractivity contribution in [3.05, 3.63) is 12.7 Å². The van der Waals surface area contributed by atoms with E-state index in [0.29, 0.717) is 0 Å². The maximum atomic E-state index is 11.5. The molecule has 0 spiro atoms. The van der Waals surface area contributed by atoms with Crippen molar-refractivity contribution in [2.24, 2.45) is 5.41 Å². The van der Waals surface area contributed by atoms with E-state index in [1.807, 2.05) is 6.92 Å². The minimum atomic E-state index is -1.00. The van der Waals surface area contributed by atoms with E-state index < -0.39 is 13.5 Å². The van der Waals surface area contributed by atoms with Crippen LogP contribution in [0.25, 0.3) is 0 Å². The maximum Gasteiger partial charge on any atom is 0.315 e. The molecule has 0 aromatic carbocycles. The van der Waals surface area contributed by atoms with Gasteiger partial charge in [-0.1, -0.05) is 38.2 Å². The Morgan fingerprint density at radius 3 is 2.33 bits per heavy atom. The van der Waals surface area contributed by atoms with Gasteiger partial charge in [0.25, 0.3) is 0 Å². The zero-order valence-corrected chi connectivity index (χ0v) is 11.7. The number of carbonyl (C=O) groups excluding carboxylic acids is 1. The van der Waals surface area contributed by atoms with Crippen LogP contribution >= 0.6 is 0 Å². The van der Waals surface area contributed by atoms with Crippen LogP contribution in [0.3, 0.4) is 0 Å². The van der Waals surface area contributed by atoms with Gasteiger partial charge < -0.3 is 4.74 Å². The van der Waals surface area contributed by atoms with Crippen molar-refractivity contribution in [3.63, 3.8) is 0 Å². The Hall–Kier alpha value is -0.573. The molecule has 0 rings (SSSR count). The molecule has 3 heteroatoms. The molecule has 0 N–H and O–H groups in total. The predicted octanol–water partition coefficient (Wildman–Crippen LogP) is 3.47. The number of methoxy groups -OCH3 is 1. The van der Waals surface area contributed by atoms with E-state index in [-0.39, 0.29) is 5.97 Å². The molecule has 0 radical (unpaired) electrons. The summed E-state index contributed by atoms with van der Waals surface area (Å²) in [5.74, 6) is -0.173. The molecule has 2 nitrogen and oxygen atoms in total. The summed E-state index contributed by atoms with van der Waals surface area (Å²) in [4.78, 5) is 11.5. The van der Waals surface area contributed by atoms with Gasteiger partial charge in [0, 0.05) is 8.07 Å². The van der Waals surface area contributed by atoms with Crippen LogP contribution in [-0.4, -0.2) is 21.2 Å². The van der Waals surface area contributed by atoms with Crippen molar-refractivity contribution in [2.75, 3.05) is 7.11 Å². The second kappa shape index (κ2) is 5.49. The van der Waals surface area contributed by atoms with Gasteiger partial charge in [-0.2, -0.15) is 0 Å². The molecular weight excluding hydrogens is 204 g/mol. The highest BCUT2D eigenvalue weighted by Gasteiger charge is 2.30. The molecule has 0 aromatic heterocycles. The Kier molecular flexibility index (Phi) is 5.28. The van der Waals surface area contributed by atoms with Crippen LogP contribution in [0.4, 0.5) is 0 Å². The highest BCUT2D eigenvalue weighted by Crippen LogP contribution is 2.28. The van der Waals surface area contributed by atoms with E-state index in [9.17, 15) is 4.79 Å². The zero-order valence-electron chi connectivity index (χ0n) is 10.7. The fourth-order valence-corrected chi connectivity index (χ4v) is 2.74. The van der Waals surface area contributed by atoms with Crippen LogP contribution < -0.4 is 0 Å². The van der Waals surface area contributed by atoms with Crippen molar-refractivity contribution in [3.8, 4) is 0 Å². The molecule has 0 amide bonds. The molecule has 1 atom stereocenters. The number of ether oxygens (including phenoxy) is 1. The number of carbonyl (C=O) groups is 1. The van der Waals surface area contributed by atoms with Crippen LogP contribution in [0, 0.1) is 5.41 Å². The third-order valence-electron chi connectivity index (χ3n) is 2.73. The molecule has 0 aliphatic rings. The molecule has 15 heavy (non-hydrogen) atoms. The molecule has 0 aliphatic heterocycles. The first kappa shape index (κ1) is 14.4. The van der Waals surface area contributed by atoms with E-state index in [1.54, 1.807) is 6.08 Å². The van der Waals surface area contributed by atoms with E-state index in [2.05, 4.69) is 26.2 Å². The van der Waals surface area contributed by atoms with Crippen LogP contribution in [-0.2, 0) is 9.53 Å². The maximum absolute atomic E-state index is 11.5. The number of esters is 1. The summed E-state index contributed by atoms with van der Waals surface area (Å²) >= 11 is 0. The van der Waals surface area contributed by atoms with Gasteiger partial charge in [-0.25, -0.2) is 0 Å². The second-order valence-electron chi connectivity index (χ2n) is 5.53. The van der Waals surface area contributed by atoms with Gasteiger partial charge in [-0.3, -0.25) is 4.79 Å². The monoisotopic (exact) mass is 228 g/mol. The Bertz CT molecular complexity index is 230. The lowest BCUT2D eigenvalue weighted by Gasteiger charge is -2.24. The SMILES string of the molecule is C=CC(C)(CCC[Si](C)(C)C)C(=O)OC. The molecule has 0 aromatic rings. The van der Waals surface area contributed by atoms with E-state index in [1.165, 1.54) is 13.2 Å². The normalized spacial score (nSPS) is 15.5. The van der Waals surface area contributed by atoms with Crippen molar-refractivity contribution >= 4 is 14.0 Å². The first-order chi connectivity index (χ1) is 6.75. The van der Waals surface area contributed by atoms with Gasteiger partial charge in [0.2, 0.25) is 0 Å². The van der Waals surface area contributed by atoms with Gasteiger partial charge >= 0.3 is 5.97 Å². The summed E-state index contributed by atoms with van der Waals surface area (Å²) in [5, 5.41) is 0. The first-order valence-electron chi connectivity index (χ1n) is 5.47. The molecular formula is C12H24O2Si. The summed E-state index contributed by atoms with van der Waals surface area (Å²) in [7, 11) is 0.432. The fourth-order valence-electron chi connectivity index (χ4n) is 1.51. The highest BCUT2D eigenvalue weighted by atomic mass is 28.3. The molecule has 0 fully saturated rings. The first-order valence-corrected chi connectivity index (χ1v) is 9.18. The minimum Gasteiger partial charge on any atom is -0.468 e. The van der Waals surface area contributed by atoms with Gasteiger partial charge in [0.15, 0.2) is 0 Å². The quantitative estimate of drug-likeness (QED) is 0.395. The zero-order chi connectivity index (χ0) is 12.1. The van der Waals surface area contributed by atoms with Gasteiger partial charge in [-0.15, -0.1) is 6.58 Å². The van der Waals surface area contributed by atoms with Crippen LogP contribution in [0.1, 0.15) is 19.8 Å². The van der Waals surface area contributed by atoms with Crippen molar-refractivity contribution in [1.29, 1.82) is 0 Å². The van der Waals surface area contributed by atoms with Crippen molar-refractivity contribution in [1.82, 2.24) is 0 Å².